The topological polar surface area (TPSA) is 26.0 Å². The number of hydrogen-bond acceptors (Lipinski definition) is 1. The molecule has 1 atom stereocenters. The third-order valence-electron chi connectivity index (χ3n) is 3.08. The van der Waals surface area contributed by atoms with Gasteiger partial charge in [-0.25, -0.2) is 4.39 Å². The quantitative estimate of drug-likeness (QED) is 0.729. The first-order valence-electron chi connectivity index (χ1n) is 5.29. The van der Waals surface area contributed by atoms with Crippen molar-refractivity contribution >= 4 is 0 Å². The molecule has 14 heavy (non-hydrogen) atoms. The van der Waals surface area contributed by atoms with E-state index in [0.717, 1.165) is 36.8 Å². The van der Waals surface area contributed by atoms with Crippen molar-refractivity contribution < 1.29 is 4.39 Å². The van der Waals surface area contributed by atoms with Crippen molar-refractivity contribution in [1.29, 1.82) is 0 Å². The predicted octanol–water partition coefficient (Wildman–Crippen LogP) is 2.72. The lowest BCUT2D eigenvalue weighted by Gasteiger charge is -2.25. The van der Waals surface area contributed by atoms with Gasteiger partial charge in [-0.05, 0) is 48.4 Å². The molecule has 0 amide bonds. The summed E-state index contributed by atoms with van der Waals surface area (Å²) in [5, 5.41) is 0. The van der Waals surface area contributed by atoms with E-state index < -0.39 is 0 Å². The van der Waals surface area contributed by atoms with Gasteiger partial charge in [-0.2, -0.15) is 0 Å². The van der Waals surface area contributed by atoms with Crippen LogP contribution in [0.2, 0.25) is 0 Å². The van der Waals surface area contributed by atoms with Crippen LogP contribution in [-0.4, -0.2) is 0 Å². The average Bonchev–Trinajstić information content (AvgIpc) is 2.20. The normalized spacial score (nSPS) is 20.6. The van der Waals surface area contributed by atoms with Gasteiger partial charge in [0.05, 0.1) is 0 Å². The van der Waals surface area contributed by atoms with E-state index in [2.05, 4.69) is 6.92 Å². The summed E-state index contributed by atoms with van der Waals surface area (Å²) < 4.78 is 13.5. The van der Waals surface area contributed by atoms with Gasteiger partial charge in [0, 0.05) is 6.04 Å². The summed E-state index contributed by atoms with van der Waals surface area (Å²) in [5.74, 6) is -0.0765. The third kappa shape index (κ3) is 1.44. The summed E-state index contributed by atoms with van der Waals surface area (Å²) in [6.45, 7) is 2.09. The van der Waals surface area contributed by atoms with E-state index >= 15 is 0 Å². The Balaban J connectivity index is 2.58. The first-order chi connectivity index (χ1) is 6.74. The van der Waals surface area contributed by atoms with Gasteiger partial charge in [0.1, 0.15) is 5.82 Å². The fourth-order valence-electron chi connectivity index (χ4n) is 2.35. The molecule has 0 bridgehead atoms. The van der Waals surface area contributed by atoms with Crippen molar-refractivity contribution in [3.05, 3.63) is 34.6 Å². The zero-order valence-corrected chi connectivity index (χ0v) is 8.52. The van der Waals surface area contributed by atoms with Crippen LogP contribution in [0.4, 0.5) is 4.39 Å². The second-order valence-electron chi connectivity index (χ2n) is 3.95. The molecule has 0 aliphatic heterocycles. The number of aryl methyl sites for hydroxylation is 1. The highest BCUT2D eigenvalue weighted by molar-refractivity contribution is 5.40. The molecule has 0 spiro atoms. The molecule has 1 aromatic carbocycles. The molecule has 1 aliphatic carbocycles. The Kier molecular flexibility index (Phi) is 2.55. The summed E-state index contributed by atoms with van der Waals surface area (Å²) in [4.78, 5) is 0. The molecule has 0 heterocycles. The summed E-state index contributed by atoms with van der Waals surface area (Å²) in [6.07, 6.45) is 3.79. The molecule has 0 unspecified atom stereocenters. The molecule has 0 radical (unpaired) electrons. The predicted molar refractivity (Wildman–Crippen MR) is 55.6 cm³/mol. The Hall–Kier alpha value is -0.890. The van der Waals surface area contributed by atoms with Crippen molar-refractivity contribution in [2.24, 2.45) is 5.73 Å². The molecule has 2 N–H and O–H groups in total. The smallest absolute Gasteiger partial charge is 0.126 e. The lowest BCUT2D eigenvalue weighted by Crippen LogP contribution is -2.20. The fraction of sp³-hybridized carbons (Fsp3) is 0.500. The second-order valence-corrected chi connectivity index (χ2v) is 3.95. The number of hydrogen-bond donors (Lipinski definition) is 1. The van der Waals surface area contributed by atoms with Crippen LogP contribution >= 0.6 is 0 Å². The van der Waals surface area contributed by atoms with Crippen molar-refractivity contribution in [3.8, 4) is 0 Å². The number of rotatable bonds is 1. The van der Waals surface area contributed by atoms with E-state index in [-0.39, 0.29) is 11.9 Å². The van der Waals surface area contributed by atoms with Gasteiger partial charge in [0.15, 0.2) is 0 Å². The molecule has 0 fully saturated rings. The van der Waals surface area contributed by atoms with Crippen LogP contribution in [0.15, 0.2) is 12.1 Å². The minimum absolute atomic E-state index is 0.0457. The largest absolute Gasteiger partial charge is 0.324 e. The van der Waals surface area contributed by atoms with Gasteiger partial charge >= 0.3 is 0 Å². The highest BCUT2D eigenvalue weighted by Gasteiger charge is 2.22. The molecule has 1 aliphatic rings. The van der Waals surface area contributed by atoms with E-state index in [0.29, 0.717) is 0 Å². The molecular formula is C12H16FN. The molecule has 2 heteroatoms. The summed E-state index contributed by atoms with van der Waals surface area (Å²) >= 11 is 0. The SMILES string of the molecule is CCc1ccc(F)c2c1[C@H](N)CCC2. The van der Waals surface area contributed by atoms with Gasteiger partial charge in [-0.1, -0.05) is 13.0 Å². The minimum atomic E-state index is -0.0765. The van der Waals surface area contributed by atoms with E-state index in [1.165, 1.54) is 5.56 Å². The van der Waals surface area contributed by atoms with Crippen molar-refractivity contribution in [2.75, 3.05) is 0 Å². The minimum Gasteiger partial charge on any atom is -0.324 e. The Labute approximate surface area is 84.1 Å². The second kappa shape index (κ2) is 3.70. The highest BCUT2D eigenvalue weighted by atomic mass is 19.1. The maximum atomic E-state index is 13.5. The van der Waals surface area contributed by atoms with Gasteiger partial charge in [0.25, 0.3) is 0 Å². The van der Waals surface area contributed by atoms with Gasteiger partial charge < -0.3 is 5.73 Å². The van der Waals surface area contributed by atoms with E-state index in [9.17, 15) is 4.39 Å². The maximum absolute atomic E-state index is 13.5. The van der Waals surface area contributed by atoms with Crippen LogP contribution in [0, 0.1) is 5.82 Å². The lowest BCUT2D eigenvalue weighted by molar-refractivity contribution is 0.527. The number of benzene rings is 1. The third-order valence-corrected chi connectivity index (χ3v) is 3.08. The molecule has 76 valence electrons. The highest BCUT2D eigenvalue weighted by Crippen LogP contribution is 2.32. The molecule has 0 saturated carbocycles. The Morgan fingerprint density at radius 2 is 2.29 bits per heavy atom. The van der Waals surface area contributed by atoms with E-state index in [1.807, 2.05) is 6.07 Å². The van der Waals surface area contributed by atoms with Crippen LogP contribution in [0.25, 0.3) is 0 Å². The van der Waals surface area contributed by atoms with Crippen molar-refractivity contribution in [1.82, 2.24) is 0 Å². The van der Waals surface area contributed by atoms with Crippen molar-refractivity contribution in [3.63, 3.8) is 0 Å². The van der Waals surface area contributed by atoms with E-state index in [4.69, 9.17) is 5.73 Å². The maximum Gasteiger partial charge on any atom is 0.126 e. The van der Waals surface area contributed by atoms with Crippen LogP contribution in [0.1, 0.15) is 42.5 Å². The van der Waals surface area contributed by atoms with E-state index in [1.54, 1.807) is 6.07 Å². The Morgan fingerprint density at radius 3 is 3.00 bits per heavy atom. The molecule has 0 aromatic heterocycles. The van der Waals surface area contributed by atoms with Gasteiger partial charge in [0.2, 0.25) is 0 Å². The van der Waals surface area contributed by atoms with Crippen LogP contribution < -0.4 is 5.73 Å². The van der Waals surface area contributed by atoms with Crippen LogP contribution in [-0.2, 0) is 12.8 Å². The standard InChI is InChI=1S/C12H16FN/c1-2-8-6-7-10(13)9-4-3-5-11(14)12(8)9/h6-7,11H,2-5,14H2,1H3/t11-/m1/s1. The Morgan fingerprint density at radius 1 is 1.50 bits per heavy atom. The number of nitrogens with two attached hydrogens (primary N) is 1. The average molecular weight is 193 g/mol. The zero-order chi connectivity index (χ0) is 10.1. The molecule has 1 aromatic rings. The summed E-state index contributed by atoms with van der Waals surface area (Å²) in [5.41, 5.74) is 9.19. The number of halogens is 1. The Bertz CT molecular complexity index is 346. The van der Waals surface area contributed by atoms with Gasteiger partial charge in [-0.15, -0.1) is 0 Å². The van der Waals surface area contributed by atoms with Crippen molar-refractivity contribution in [2.45, 2.75) is 38.6 Å². The summed E-state index contributed by atoms with van der Waals surface area (Å²) in [6, 6.07) is 3.50. The molecular weight excluding hydrogens is 177 g/mol. The zero-order valence-electron chi connectivity index (χ0n) is 8.52. The monoisotopic (exact) mass is 193 g/mol. The molecule has 1 nitrogen and oxygen atoms in total. The lowest BCUT2D eigenvalue weighted by atomic mass is 9.84. The summed E-state index contributed by atoms with van der Waals surface area (Å²) in [7, 11) is 0. The van der Waals surface area contributed by atoms with Crippen LogP contribution in [0.5, 0.6) is 0 Å². The van der Waals surface area contributed by atoms with Crippen LogP contribution in [0.3, 0.4) is 0 Å². The first-order valence-corrected chi connectivity index (χ1v) is 5.29. The number of fused-ring (bicyclic) bond motifs is 1. The van der Waals surface area contributed by atoms with Gasteiger partial charge in [-0.3, -0.25) is 0 Å². The first kappa shape index (κ1) is 9.66. The molecule has 0 saturated heterocycles. The fourth-order valence-corrected chi connectivity index (χ4v) is 2.35. The molecule has 2 rings (SSSR count).